The van der Waals surface area contributed by atoms with Crippen LogP contribution in [0.25, 0.3) is 0 Å². The second-order valence-electron chi connectivity index (χ2n) is 2.37. The molecule has 44 valence electrons. The molecule has 0 aliphatic heterocycles. The number of nitrogens with two attached hydrogens (primary N) is 2. The molecule has 0 aromatic heterocycles. The van der Waals surface area contributed by atoms with E-state index >= 15 is 0 Å². The number of nitrogens with one attached hydrogen (secondary N) is 1. The van der Waals surface area contributed by atoms with E-state index in [0.717, 1.165) is 0 Å². The maximum Gasteiger partial charge on any atom is 0.0273 e. The highest BCUT2D eigenvalue weighted by Gasteiger charge is 2.06. The largest absolute Gasteiger partial charge is 0.324 e. The first kappa shape index (κ1) is 6.88. The van der Waals surface area contributed by atoms with Gasteiger partial charge in [0.1, 0.15) is 0 Å². The van der Waals surface area contributed by atoms with Crippen LogP contribution >= 0.6 is 0 Å². The quantitative estimate of drug-likeness (QED) is 0.316. The van der Waals surface area contributed by atoms with E-state index in [1.807, 2.05) is 13.8 Å². The zero-order valence-electron chi connectivity index (χ0n) is 4.86. The maximum atomic E-state index is 5.50. The van der Waals surface area contributed by atoms with Crippen LogP contribution in [0.15, 0.2) is 0 Å². The van der Waals surface area contributed by atoms with Crippen molar-refractivity contribution in [3.63, 3.8) is 0 Å². The van der Waals surface area contributed by atoms with E-state index in [9.17, 15) is 0 Å². The molecule has 0 spiro atoms. The number of hydrogen-bond donors (Lipinski definition) is 3. The van der Waals surface area contributed by atoms with Gasteiger partial charge in [-0.25, -0.2) is 0 Å². The molecule has 0 fully saturated rings. The maximum absolute atomic E-state index is 5.50. The van der Waals surface area contributed by atoms with Crippen LogP contribution in [-0.2, 0) is 0 Å². The molecule has 0 saturated heterocycles. The molecule has 0 atom stereocenters. The Morgan fingerprint density at radius 1 is 1.57 bits per heavy atom. The first-order chi connectivity index (χ1) is 3.06. The molecule has 0 aromatic rings. The van der Waals surface area contributed by atoms with Gasteiger partial charge in [0.15, 0.2) is 0 Å². The molecule has 0 bridgehead atoms. The molecule has 0 amide bonds. The van der Waals surface area contributed by atoms with Crippen LogP contribution in [0, 0.1) is 0 Å². The van der Waals surface area contributed by atoms with Crippen molar-refractivity contribution in [2.75, 3.05) is 6.54 Å². The van der Waals surface area contributed by atoms with Crippen LogP contribution in [0.3, 0.4) is 0 Å². The minimum absolute atomic E-state index is 0.186. The van der Waals surface area contributed by atoms with Gasteiger partial charge in [-0.3, -0.25) is 11.3 Å². The predicted octanol–water partition coefficient (Wildman–Crippen LogP) is -0.813. The molecule has 0 rings (SSSR count). The van der Waals surface area contributed by atoms with E-state index in [0.29, 0.717) is 6.54 Å². The van der Waals surface area contributed by atoms with Gasteiger partial charge >= 0.3 is 0 Å². The van der Waals surface area contributed by atoms with Gasteiger partial charge in [-0.15, -0.1) is 0 Å². The normalized spacial score (nSPS) is 12.0. The summed E-state index contributed by atoms with van der Waals surface area (Å²) < 4.78 is 0. The average molecular weight is 103 g/mol. The molecule has 5 N–H and O–H groups in total. The summed E-state index contributed by atoms with van der Waals surface area (Å²) in [6.45, 7) is 4.46. The molecule has 3 nitrogen and oxygen atoms in total. The van der Waals surface area contributed by atoms with Crippen molar-refractivity contribution >= 4 is 0 Å². The van der Waals surface area contributed by atoms with Gasteiger partial charge in [0, 0.05) is 12.1 Å². The summed E-state index contributed by atoms with van der Waals surface area (Å²) >= 11 is 0. The fraction of sp³-hybridized carbons (Fsp3) is 1.00. The van der Waals surface area contributed by atoms with E-state index in [-0.39, 0.29) is 5.54 Å². The third-order valence-electron chi connectivity index (χ3n) is 0.558. The third kappa shape index (κ3) is 5.88. The molecule has 0 unspecified atom stereocenters. The van der Waals surface area contributed by atoms with Crippen LogP contribution in [-0.4, -0.2) is 12.1 Å². The molecule has 3 heteroatoms. The average Bonchev–Trinajstić information content (AvgIpc) is 1.30. The smallest absolute Gasteiger partial charge is 0.0273 e. The van der Waals surface area contributed by atoms with Crippen molar-refractivity contribution in [2.45, 2.75) is 19.4 Å². The summed E-state index contributed by atoms with van der Waals surface area (Å²) in [4.78, 5) is 0. The highest BCUT2D eigenvalue weighted by atomic mass is 15.2. The molecule has 0 radical (unpaired) electrons. The second-order valence-corrected chi connectivity index (χ2v) is 2.37. The van der Waals surface area contributed by atoms with Crippen LogP contribution in [0.4, 0.5) is 0 Å². The van der Waals surface area contributed by atoms with Gasteiger partial charge in [-0.2, -0.15) is 0 Å². The summed E-state index contributed by atoms with van der Waals surface area (Å²) in [6.07, 6.45) is 0. The third-order valence-corrected chi connectivity index (χ3v) is 0.558. The zero-order chi connectivity index (χ0) is 5.91. The molecule has 0 aromatic carbocycles. The summed E-state index contributed by atoms with van der Waals surface area (Å²) in [6, 6.07) is 0. The highest BCUT2D eigenvalue weighted by molar-refractivity contribution is 4.72. The van der Waals surface area contributed by atoms with Crippen molar-refractivity contribution in [1.82, 2.24) is 5.43 Å². The fourth-order valence-electron chi connectivity index (χ4n) is 0.263. The van der Waals surface area contributed by atoms with Gasteiger partial charge in [-0.05, 0) is 13.8 Å². The molecule has 0 heterocycles. The van der Waals surface area contributed by atoms with Crippen molar-refractivity contribution in [2.24, 2.45) is 11.6 Å². The van der Waals surface area contributed by atoms with E-state index in [1.165, 1.54) is 0 Å². The SMILES string of the molecule is CC(C)(N)CNN. The van der Waals surface area contributed by atoms with Gasteiger partial charge in [0.05, 0.1) is 0 Å². The van der Waals surface area contributed by atoms with Crippen molar-refractivity contribution in [1.29, 1.82) is 0 Å². The lowest BCUT2D eigenvalue weighted by Crippen LogP contribution is -2.45. The molecular formula is C4H13N3. The lowest BCUT2D eigenvalue weighted by molar-refractivity contribution is 0.475. The summed E-state index contributed by atoms with van der Waals surface area (Å²) in [5.41, 5.74) is 7.80. The minimum atomic E-state index is -0.186. The number of hydrazine groups is 1. The van der Waals surface area contributed by atoms with Crippen molar-refractivity contribution < 1.29 is 0 Å². The van der Waals surface area contributed by atoms with E-state index in [4.69, 9.17) is 11.6 Å². The molecule has 0 saturated carbocycles. The minimum Gasteiger partial charge on any atom is -0.324 e. The summed E-state index contributed by atoms with van der Waals surface area (Å²) in [5, 5.41) is 0. The Morgan fingerprint density at radius 3 is 2.00 bits per heavy atom. The Labute approximate surface area is 44.0 Å². The Balaban J connectivity index is 3.15. The lowest BCUT2D eigenvalue weighted by atomic mass is 10.1. The molecular weight excluding hydrogens is 90.1 g/mol. The van der Waals surface area contributed by atoms with Crippen LogP contribution < -0.4 is 17.0 Å². The van der Waals surface area contributed by atoms with Crippen LogP contribution in [0.5, 0.6) is 0 Å². The van der Waals surface area contributed by atoms with Crippen molar-refractivity contribution in [3.05, 3.63) is 0 Å². The van der Waals surface area contributed by atoms with E-state index < -0.39 is 0 Å². The Kier molecular flexibility index (Phi) is 2.22. The monoisotopic (exact) mass is 103 g/mol. The predicted molar refractivity (Wildman–Crippen MR) is 30.5 cm³/mol. The lowest BCUT2D eigenvalue weighted by Gasteiger charge is -2.16. The van der Waals surface area contributed by atoms with Gasteiger partial charge in [0.2, 0.25) is 0 Å². The fourth-order valence-corrected chi connectivity index (χ4v) is 0.263. The highest BCUT2D eigenvalue weighted by Crippen LogP contribution is 1.89. The molecule has 0 aliphatic rings. The first-order valence-corrected chi connectivity index (χ1v) is 2.28. The zero-order valence-corrected chi connectivity index (χ0v) is 4.86. The van der Waals surface area contributed by atoms with Gasteiger partial charge < -0.3 is 5.73 Å². The summed E-state index contributed by atoms with van der Waals surface area (Å²) in [5.74, 6) is 4.98. The van der Waals surface area contributed by atoms with E-state index in [2.05, 4.69) is 5.43 Å². The van der Waals surface area contributed by atoms with Crippen LogP contribution in [0.1, 0.15) is 13.8 Å². The Bertz CT molecular complexity index is 45.4. The van der Waals surface area contributed by atoms with Crippen molar-refractivity contribution in [3.8, 4) is 0 Å². The van der Waals surface area contributed by atoms with Gasteiger partial charge in [-0.1, -0.05) is 0 Å². The topological polar surface area (TPSA) is 64.1 Å². The van der Waals surface area contributed by atoms with E-state index in [1.54, 1.807) is 0 Å². The molecule has 7 heavy (non-hydrogen) atoms. The number of hydrogen-bond acceptors (Lipinski definition) is 3. The Hall–Kier alpha value is -0.120. The van der Waals surface area contributed by atoms with Gasteiger partial charge in [0.25, 0.3) is 0 Å². The number of rotatable bonds is 2. The first-order valence-electron chi connectivity index (χ1n) is 2.28. The van der Waals surface area contributed by atoms with Crippen LogP contribution in [0.2, 0.25) is 0 Å². The second kappa shape index (κ2) is 2.26. The summed E-state index contributed by atoms with van der Waals surface area (Å²) in [7, 11) is 0. The standard InChI is InChI=1S/C4H13N3/c1-4(2,5)3-7-6/h7H,3,5-6H2,1-2H3. The molecule has 0 aliphatic carbocycles. The Morgan fingerprint density at radius 2 is 2.00 bits per heavy atom.